The Morgan fingerprint density at radius 1 is 1.21 bits per heavy atom. The number of fused-ring (bicyclic) bond motifs is 1. The maximum Gasteiger partial charge on any atom is 0.251 e. The highest BCUT2D eigenvalue weighted by Crippen LogP contribution is 2.18. The third-order valence-corrected chi connectivity index (χ3v) is 3.26. The second-order valence-electron chi connectivity index (χ2n) is 4.31. The zero-order valence-electron chi connectivity index (χ0n) is 10.4. The van der Waals surface area contributed by atoms with Crippen molar-refractivity contribution in [1.82, 2.24) is 9.88 Å². The van der Waals surface area contributed by atoms with E-state index in [0.717, 1.165) is 16.5 Å². The number of hydrogen-bond acceptors (Lipinski definition) is 2. The summed E-state index contributed by atoms with van der Waals surface area (Å²) in [7, 11) is 0. The molecule has 0 N–H and O–H groups in total. The molecule has 0 fully saturated rings. The van der Waals surface area contributed by atoms with Gasteiger partial charge < -0.3 is 0 Å². The summed E-state index contributed by atoms with van der Waals surface area (Å²) in [6, 6.07) is 9.72. The van der Waals surface area contributed by atoms with Crippen molar-refractivity contribution in [1.29, 1.82) is 0 Å². The number of alkyl halides is 3. The molecule has 0 radical (unpaired) electrons. The van der Waals surface area contributed by atoms with E-state index in [9.17, 15) is 8.78 Å². The van der Waals surface area contributed by atoms with Crippen molar-refractivity contribution in [3.05, 3.63) is 42.1 Å². The summed E-state index contributed by atoms with van der Waals surface area (Å²) in [5.41, 5.74) is 1.87. The zero-order valence-corrected chi connectivity index (χ0v) is 12.0. The van der Waals surface area contributed by atoms with Gasteiger partial charge in [0.05, 0.1) is 12.1 Å². The van der Waals surface area contributed by atoms with Gasteiger partial charge in [0.2, 0.25) is 0 Å². The quantitative estimate of drug-likeness (QED) is 0.752. The lowest BCUT2D eigenvalue weighted by atomic mass is 10.1. The fraction of sp³-hybridized carbons (Fsp3) is 0.357. The summed E-state index contributed by atoms with van der Waals surface area (Å²) >= 11 is 3.30. The summed E-state index contributed by atoms with van der Waals surface area (Å²) in [6.07, 6.45) is -0.588. The van der Waals surface area contributed by atoms with Crippen molar-refractivity contribution in [3.63, 3.8) is 0 Å². The first kappa shape index (κ1) is 14.3. The fourth-order valence-corrected chi connectivity index (χ4v) is 2.59. The molecule has 19 heavy (non-hydrogen) atoms. The molecular formula is C14H15BrF2N2. The average Bonchev–Trinajstić information content (AvgIpc) is 2.39. The van der Waals surface area contributed by atoms with Crippen molar-refractivity contribution in [2.24, 2.45) is 0 Å². The van der Waals surface area contributed by atoms with E-state index in [0.29, 0.717) is 18.4 Å². The van der Waals surface area contributed by atoms with Crippen LogP contribution in [0.5, 0.6) is 0 Å². The minimum atomic E-state index is -2.32. The molecule has 0 saturated carbocycles. The second kappa shape index (κ2) is 6.91. The van der Waals surface area contributed by atoms with Crippen LogP contribution in [0.15, 0.2) is 36.5 Å². The third-order valence-electron chi connectivity index (χ3n) is 2.91. The smallest absolute Gasteiger partial charge is 0.251 e. The Labute approximate surface area is 119 Å². The Bertz CT molecular complexity index is 528. The lowest BCUT2D eigenvalue weighted by Crippen LogP contribution is -2.30. The van der Waals surface area contributed by atoms with E-state index in [1.165, 1.54) is 0 Å². The fourth-order valence-electron chi connectivity index (χ4n) is 2.09. The molecule has 0 bridgehead atoms. The molecule has 0 amide bonds. The molecule has 0 spiro atoms. The first-order valence-corrected chi connectivity index (χ1v) is 7.22. The van der Waals surface area contributed by atoms with Crippen molar-refractivity contribution in [3.8, 4) is 0 Å². The molecule has 1 aromatic heterocycles. The lowest BCUT2D eigenvalue weighted by Gasteiger charge is -2.21. The minimum absolute atomic E-state index is 0.213. The van der Waals surface area contributed by atoms with Gasteiger partial charge in [0, 0.05) is 30.0 Å². The van der Waals surface area contributed by atoms with Crippen molar-refractivity contribution < 1.29 is 8.78 Å². The summed E-state index contributed by atoms with van der Waals surface area (Å²) < 4.78 is 25.1. The SMILES string of the molecule is FC(F)CN(CCBr)Cc1cccc2cccnc12. The van der Waals surface area contributed by atoms with Gasteiger partial charge in [0.25, 0.3) is 6.43 Å². The van der Waals surface area contributed by atoms with Crippen LogP contribution < -0.4 is 0 Å². The molecule has 1 aromatic carbocycles. The van der Waals surface area contributed by atoms with Gasteiger partial charge in [-0.1, -0.05) is 40.2 Å². The number of hydrogen-bond donors (Lipinski definition) is 0. The van der Waals surface area contributed by atoms with E-state index < -0.39 is 6.43 Å². The summed E-state index contributed by atoms with van der Waals surface area (Å²) in [5.74, 6) is 0. The molecule has 5 heteroatoms. The molecule has 2 aromatic rings. The zero-order chi connectivity index (χ0) is 13.7. The van der Waals surface area contributed by atoms with Crippen LogP contribution >= 0.6 is 15.9 Å². The highest BCUT2D eigenvalue weighted by molar-refractivity contribution is 9.09. The molecule has 1 heterocycles. The van der Waals surface area contributed by atoms with E-state index in [2.05, 4.69) is 20.9 Å². The largest absolute Gasteiger partial charge is 0.293 e. The molecule has 2 nitrogen and oxygen atoms in total. The van der Waals surface area contributed by atoms with Gasteiger partial charge in [-0.3, -0.25) is 9.88 Å². The Kier molecular flexibility index (Phi) is 5.22. The predicted molar refractivity (Wildman–Crippen MR) is 76.8 cm³/mol. The van der Waals surface area contributed by atoms with Crippen molar-refractivity contribution in [2.45, 2.75) is 13.0 Å². The van der Waals surface area contributed by atoms with Gasteiger partial charge in [-0.05, 0) is 11.6 Å². The van der Waals surface area contributed by atoms with Gasteiger partial charge >= 0.3 is 0 Å². The van der Waals surface area contributed by atoms with E-state index in [1.807, 2.05) is 30.3 Å². The van der Waals surface area contributed by atoms with Crippen molar-refractivity contribution >= 4 is 26.8 Å². The minimum Gasteiger partial charge on any atom is -0.293 e. The molecule has 0 saturated heterocycles. The van der Waals surface area contributed by atoms with Crippen LogP contribution in [0.3, 0.4) is 0 Å². The molecule has 2 rings (SSSR count). The lowest BCUT2D eigenvalue weighted by molar-refractivity contribution is 0.0883. The average molecular weight is 329 g/mol. The molecule has 0 atom stereocenters. The van der Waals surface area contributed by atoms with Gasteiger partial charge in [0.1, 0.15) is 0 Å². The van der Waals surface area contributed by atoms with Crippen LogP contribution in [0.2, 0.25) is 0 Å². The van der Waals surface area contributed by atoms with Crippen LogP contribution in [-0.4, -0.2) is 34.7 Å². The Morgan fingerprint density at radius 3 is 2.74 bits per heavy atom. The second-order valence-corrected chi connectivity index (χ2v) is 5.10. The van der Waals surface area contributed by atoms with Crippen LogP contribution in [0, 0.1) is 0 Å². The Morgan fingerprint density at radius 2 is 2.00 bits per heavy atom. The molecule has 0 aliphatic heterocycles. The number of rotatable bonds is 6. The highest BCUT2D eigenvalue weighted by Gasteiger charge is 2.13. The van der Waals surface area contributed by atoms with Gasteiger partial charge in [0.15, 0.2) is 0 Å². The first-order chi connectivity index (χ1) is 9.20. The number of nitrogens with zero attached hydrogens (tertiary/aromatic N) is 2. The number of benzene rings is 1. The van der Waals surface area contributed by atoms with Crippen LogP contribution in [0.1, 0.15) is 5.56 Å². The normalized spacial score (nSPS) is 11.6. The number of aromatic nitrogens is 1. The summed E-state index contributed by atoms with van der Waals surface area (Å²) in [6.45, 7) is 0.868. The number of para-hydroxylation sites is 1. The maximum absolute atomic E-state index is 12.6. The van der Waals surface area contributed by atoms with Gasteiger partial charge in [-0.25, -0.2) is 8.78 Å². The summed E-state index contributed by atoms with van der Waals surface area (Å²) in [4.78, 5) is 6.09. The van der Waals surface area contributed by atoms with E-state index >= 15 is 0 Å². The predicted octanol–water partition coefficient (Wildman–Crippen LogP) is 3.70. The maximum atomic E-state index is 12.6. The number of pyridine rings is 1. The third kappa shape index (κ3) is 3.94. The summed E-state index contributed by atoms with van der Waals surface area (Å²) in [5, 5.41) is 1.72. The van der Waals surface area contributed by atoms with E-state index in [-0.39, 0.29) is 6.54 Å². The monoisotopic (exact) mass is 328 g/mol. The van der Waals surface area contributed by atoms with Crippen LogP contribution in [-0.2, 0) is 6.54 Å². The molecular weight excluding hydrogens is 314 g/mol. The van der Waals surface area contributed by atoms with Gasteiger partial charge in [-0.15, -0.1) is 0 Å². The van der Waals surface area contributed by atoms with Crippen molar-refractivity contribution in [2.75, 3.05) is 18.4 Å². The molecule has 0 unspecified atom stereocenters. The van der Waals surface area contributed by atoms with E-state index in [1.54, 1.807) is 11.1 Å². The van der Waals surface area contributed by atoms with Crippen LogP contribution in [0.25, 0.3) is 10.9 Å². The molecule has 0 aliphatic rings. The van der Waals surface area contributed by atoms with E-state index in [4.69, 9.17) is 0 Å². The Balaban J connectivity index is 2.23. The first-order valence-electron chi connectivity index (χ1n) is 6.10. The highest BCUT2D eigenvalue weighted by atomic mass is 79.9. The standard InChI is InChI=1S/C14H15BrF2N2/c15-6-8-19(10-13(16)17)9-12-4-1-3-11-5-2-7-18-14(11)12/h1-5,7,13H,6,8-10H2. The molecule has 0 aliphatic carbocycles. The molecule has 102 valence electrons. The number of halogens is 3. The Hall–Kier alpha value is -1.07. The van der Waals surface area contributed by atoms with Crippen LogP contribution in [0.4, 0.5) is 8.78 Å². The topological polar surface area (TPSA) is 16.1 Å². The van der Waals surface area contributed by atoms with Gasteiger partial charge in [-0.2, -0.15) is 0 Å².